The summed E-state index contributed by atoms with van der Waals surface area (Å²) >= 11 is 7.09. The number of carbonyl (C=O) groups excluding carboxylic acids is 1. The molecule has 0 saturated heterocycles. The Morgan fingerprint density at radius 2 is 2.05 bits per heavy atom. The highest BCUT2D eigenvalue weighted by Gasteiger charge is 2.36. The highest BCUT2D eigenvalue weighted by atomic mass is 35.5. The van der Waals surface area contributed by atoms with Gasteiger partial charge >= 0.3 is 12.1 Å². The Kier molecular flexibility index (Phi) is 6.55. The van der Waals surface area contributed by atoms with E-state index in [1.807, 2.05) is 12.2 Å². The molecule has 22 heavy (non-hydrogen) atoms. The minimum Gasteiger partial charge on any atom is -0.480 e. The van der Waals surface area contributed by atoms with Crippen LogP contribution in [-0.2, 0) is 4.79 Å². The summed E-state index contributed by atoms with van der Waals surface area (Å²) in [4.78, 5) is 23.4. The van der Waals surface area contributed by atoms with Gasteiger partial charge in [0.2, 0.25) is 0 Å². The standard InChI is InChI=1S/C13H13ClF3NO3S/c1-2-22-10-5-7(14)3-4-8(10)11(19)18-9(12(20)21)6-13(15,16)17/h3-5,9H,2,6H2,1H3,(H,18,19)(H,20,21). The first-order chi connectivity index (χ1) is 10.1. The Hall–Kier alpha value is -1.41. The Labute approximate surface area is 134 Å². The van der Waals surface area contributed by atoms with Crippen molar-refractivity contribution in [2.45, 2.75) is 30.5 Å². The molecule has 0 bridgehead atoms. The van der Waals surface area contributed by atoms with Gasteiger partial charge in [0.15, 0.2) is 0 Å². The molecule has 9 heteroatoms. The average molecular weight is 356 g/mol. The monoisotopic (exact) mass is 355 g/mol. The Morgan fingerprint density at radius 3 is 2.55 bits per heavy atom. The molecule has 0 aliphatic carbocycles. The van der Waals surface area contributed by atoms with E-state index in [0.29, 0.717) is 15.7 Å². The largest absolute Gasteiger partial charge is 0.480 e. The number of rotatable bonds is 6. The summed E-state index contributed by atoms with van der Waals surface area (Å²) in [7, 11) is 0. The molecule has 0 aliphatic heterocycles. The number of hydrogen-bond donors (Lipinski definition) is 2. The molecule has 1 atom stereocenters. The van der Waals surface area contributed by atoms with Crippen molar-refractivity contribution in [2.75, 3.05) is 5.75 Å². The molecule has 0 fully saturated rings. The minimum absolute atomic E-state index is 0.0877. The Bertz CT molecular complexity index is 566. The van der Waals surface area contributed by atoms with Gasteiger partial charge in [-0.2, -0.15) is 13.2 Å². The lowest BCUT2D eigenvalue weighted by atomic mass is 10.1. The van der Waals surface area contributed by atoms with Crippen LogP contribution >= 0.6 is 23.4 Å². The average Bonchev–Trinajstić information content (AvgIpc) is 2.36. The molecule has 2 N–H and O–H groups in total. The molecule has 0 aliphatic rings. The van der Waals surface area contributed by atoms with E-state index in [4.69, 9.17) is 16.7 Å². The molecule has 0 aromatic heterocycles. The molecule has 1 aromatic rings. The van der Waals surface area contributed by atoms with E-state index in [1.165, 1.54) is 30.0 Å². The molecule has 1 unspecified atom stereocenters. The number of halogens is 4. The summed E-state index contributed by atoms with van der Waals surface area (Å²) in [5, 5.41) is 11.1. The molecular formula is C13H13ClF3NO3S. The lowest BCUT2D eigenvalue weighted by Gasteiger charge is -2.17. The fourth-order valence-electron chi connectivity index (χ4n) is 1.63. The van der Waals surface area contributed by atoms with E-state index >= 15 is 0 Å². The van der Waals surface area contributed by atoms with Crippen LogP contribution in [0.25, 0.3) is 0 Å². The normalized spacial score (nSPS) is 12.8. The van der Waals surface area contributed by atoms with Crippen LogP contribution in [0.4, 0.5) is 13.2 Å². The molecule has 1 rings (SSSR count). The number of hydrogen-bond acceptors (Lipinski definition) is 3. The molecule has 4 nitrogen and oxygen atoms in total. The number of aliphatic carboxylic acids is 1. The van der Waals surface area contributed by atoms with Gasteiger partial charge in [-0.25, -0.2) is 4.79 Å². The summed E-state index contributed by atoms with van der Waals surface area (Å²) in [5.41, 5.74) is 0.0877. The predicted molar refractivity (Wildman–Crippen MR) is 77.4 cm³/mol. The maximum Gasteiger partial charge on any atom is 0.391 e. The maximum absolute atomic E-state index is 12.3. The fourth-order valence-corrected chi connectivity index (χ4v) is 2.70. The number of nitrogens with one attached hydrogen (secondary N) is 1. The second kappa shape index (κ2) is 7.73. The summed E-state index contributed by atoms with van der Waals surface area (Å²) in [6, 6.07) is 2.23. The quantitative estimate of drug-likeness (QED) is 0.765. The van der Waals surface area contributed by atoms with E-state index in [1.54, 1.807) is 0 Å². The first kappa shape index (κ1) is 18.6. The van der Waals surface area contributed by atoms with Gasteiger partial charge in [-0.15, -0.1) is 11.8 Å². The number of thioether (sulfide) groups is 1. The SMILES string of the molecule is CCSc1cc(Cl)ccc1C(=O)NC(CC(F)(F)F)C(=O)O. The van der Waals surface area contributed by atoms with Gasteiger partial charge in [0.1, 0.15) is 6.04 Å². The zero-order valence-electron chi connectivity index (χ0n) is 11.4. The predicted octanol–water partition coefficient (Wildman–Crippen LogP) is 3.59. The van der Waals surface area contributed by atoms with Gasteiger partial charge in [-0.05, 0) is 24.0 Å². The second-order valence-corrected chi connectivity index (χ2v) is 6.00. The van der Waals surface area contributed by atoms with Crippen LogP contribution in [0.1, 0.15) is 23.7 Å². The van der Waals surface area contributed by atoms with Gasteiger partial charge in [0.25, 0.3) is 5.91 Å². The summed E-state index contributed by atoms with van der Waals surface area (Å²) < 4.78 is 37.0. The highest BCUT2D eigenvalue weighted by molar-refractivity contribution is 7.99. The van der Waals surface area contributed by atoms with E-state index in [0.717, 1.165) is 0 Å². The molecule has 1 aromatic carbocycles. The van der Waals surface area contributed by atoms with E-state index in [-0.39, 0.29) is 5.56 Å². The van der Waals surface area contributed by atoms with Crippen molar-refractivity contribution in [3.63, 3.8) is 0 Å². The second-order valence-electron chi connectivity index (χ2n) is 4.26. The zero-order chi connectivity index (χ0) is 16.9. The number of benzene rings is 1. The van der Waals surface area contributed by atoms with Crippen molar-refractivity contribution >= 4 is 35.2 Å². The third-order valence-corrected chi connectivity index (χ3v) is 3.70. The lowest BCUT2D eigenvalue weighted by molar-refractivity contribution is -0.157. The maximum atomic E-state index is 12.3. The van der Waals surface area contributed by atoms with Gasteiger partial charge < -0.3 is 10.4 Å². The van der Waals surface area contributed by atoms with Gasteiger partial charge in [-0.3, -0.25) is 4.79 Å². The zero-order valence-corrected chi connectivity index (χ0v) is 13.0. The topological polar surface area (TPSA) is 66.4 Å². The number of alkyl halides is 3. The van der Waals surface area contributed by atoms with Crippen LogP contribution in [0.2, 0.25) is 5.02 Å². The third-order valence-electron chi connectivity index (χ3n) is 2.53. The van der Waals surface area contributed by atoms with Crippen LogP contribution in [-0.4, -0.2) is 35.0 Å². The van der Waals surface area contributed by atoms with E-state index in [9.17, 15) is 22.8 Å². The number of carbonyl (C=O) groups is 2. The summed E-state index contributed by atoms with van der Waals surface area (Å²) in [6.45, 7) is 1.83. The Morgan fingerprint density at radius 1 is 1.41 bits per heavy atom. The molecule has 122 valence electrons. The smallest absolute Gasteiger partial charge is 0.391 e. The van der Waals surface area contributed by atoms with E-state index < -0.39 is 30.5 Å². The first-order valence-corrected chi connectivity index (χ1v) is 7.53. The van der Waals surface area contributed by atoms with Gasteiger partial charge in [0.05, 0.1) is 12.0 Å². The van der Waals surface area contributed by atoms with Crippen molar-refractivity contribution in [3.05, 3.63) is 28.8 Å². The highest BCUT2D eigenvalue weighted by Crippen LogP contribution is 2.27. The van der Waals surface area contributed by atoms with Crippen LogP contribution in [0, 0.1) is 0 Å². The van der Waals surface area contributed by atoms with Crippen LogP contribution in [0.15, 0.2) is 23.1 Å². The van der Waals surface area contributed by atoms with Crippen molar-refractivity contribution < 1.29 is 27.9 Å². The van der Waals surface area contributed by atoms with Crippen molar-refractivity contribution in [3.8, 4) is 0 Å². The molecule has 0 heterocycles. The summed E-state index contributed by atoms with van der Waals surface area (Å²) in [6.07, 6.45) is -6.34. The van der Waals surface area contributed by atoms with Gasteiger partial charge in [0, 0.05) is 9.92 Å². The van der Waals surface area contributed by atoms with Crippen molar-refractivity contribution in [1.82, 2.24) is 5.32 Å². The number of carboxylic acids is 1. The number of amides is 1. The molecule has 0 spiro atoms. The molecular weight excluding hydrogens is 343 g/mol. The number of carboxylic acid groups (broad SMARTS) is 1. The molecule has 1 amide bonds. The summed E-state index contributed by atoms with van der Waals surface area (Å²) in [5.74, 6) is -2.01. The fraction of sp³-hybridized carbons (Fsp3) is 0.385. The Balaban J connectivity index is 2.97. The van der Waals surface area contributed by atoms with E-state index in [2.05, 4.69) is 0 Å². The third kappa shape index (κ3) is 5.76. The lowest BCUT2D eigenvalue weighted by Crippen LogP contribution is -2.43. The van der Waals surface area contributed by atoms with Crippen LogP contribution in [0.3, 0.4) is 0 Å². The molecule has 0 saturated carbocycles. The molecule has 0 radical (unpaired) electrons. The van der Waals surface area contributed by atoms with Crippen molar-refractivity contribution in [2.24, 2.45) is 0 Å². The first-order valence-electron chi connectivity index (χ1n) is 6.16. The van der Waals surface area contributed by atoms with Gasteiger partial charge in [-0.1, -0.05) is 18.5 Å². The van der Waals surface area contributed by atoms with Crippen LogP contribution in [0.5, 0.6) is 0 Å². The van der Waals surface area contributed by atoms with Crippen molar-refractivity contribution in [1.29, 1.82) is 0 Å². The minimum atomic E-state index is -4.70. The van der Waals surface area contributed by atoms with Crippen LogP contribution < -0.4 is 5.32 Å².